The molecular weight excluding hydrogens is 312 g/mol. The summed E-state index contributed by atoms with van der Waals surface area (Å²) in [6.45, 7) is 1.71. The highest BCUT2D eigenvalue weighted by Crippen LogP contribution is 2.33. The van der Waals surface area contributed by atoms with Crippen molar-refractivity contribution in [3.63, 3.8) is 0 Å². The van der Waals surface area contributed by atoms with Crippen LogP contribution >= 0.6 is 0 Å². The van der Waals surface area contributed by atoms with Gasteiger partial charge in [-0.05, 0) is 19.4 Å². The molecule has 2 aliphatic heterocycles. The van der Waals surface area contributed by atoms with Crippen LogP contribution in [0.5, 0.6) is 11.5 Å². The summed E-state index contributed by atoms with van der Waals surface area (Å²) < 4.78 is 10.5. The summed E-state index contributed by atoms with van der Waals surface area (Å²) >= 11 is 0. The molecule has 7 heteroatoms. The first-order valence-electron chi connectivity index (χ1n) is 8.04. The summed E-state index contributed by atoms with van der Waals surface area (Å²) in [6, 6.07) is 5.14. The van der Waals surface area contributed by atoms with Crippen molar-refractivity contribution in [2.75, 3.05) is 38.8 Å². The second-order valence-corrected chi connectivity index (χ2v) is 6.18. The molecule has 0 aromatic heterocycles. The second kappa shape index (κ2) is 6.68. The Bertz CT molecular complexity index is 626. The molecule has 24 heavy (non-hydrogen) atoms. The first-order chi connectivity index (χ1) is 11.5. The monoisotopic (exact) mass is 334 g/mol. The van der Waals surface area contributed by atoms with E-state index in [4.69, 9.17) is 14.6 Å². The number of aliphatic carboxylic acids is 1. The number of anilines is 1. The summed E-state index contributed by atoms with van der Waals surface area (Å²) in [5.74, 6) is 0.123. The summed E-state index contributed by atoms with van der Waals surface area (Å²) in [5, 5.41) is 9.14. The van der Waals surface area contributed by atoms with Gasteiger partial charge in [-0.3, -0.25) is 14.5 Å². The Kier molecular flexibility index (Phi) is 4.62. The van der Waals surface area contributed by atoms with Crippen LogP contribution in [0.3, 0.4) is 0 Å². The van der Waals surface area contributed by atoms with Crippen molar-refractivity contribution in [1.82, 2.24) is 4.90 Å². The minimum absolute atomic E-state index is 0.0105. The van der Waals surface area contributed by atoms with Gasteiger partial charge in [-0.25, -0.2) is 0 Å². The van der Waals surface area contributed by atoms with Crippen LogP contribution in [0.1, 0.15) is 12.8 Å². The van der Waals surface area contributed by atoms with Gasteiger partial charge >= 0.3 is 5.97 Å². The molecule has 0 radical (unpaired) electrons. The summed E-state index contributed by atoms with van der Waals surface area (Å²) in [6.07, 6.45) is 1.30. The summed E-state index contributed by atoms with van der Waals surface area (Å²) in [5.41, 5.74) is 0.743. The molecule has 1 N–H and O–H groups in total. The number of carbonyl (C=O) groups is 2. The number of benzene rings is 1. The second-order valence-electron chi connectivity index (χ2n) is 6.18. The number of rotatable bonds is 5. The first kappa shape index (κ1) is 16.6. The van der Waals surface area contributed by atoms with Gasteiger partial charge in [-0.1, -0.05) is 0 Å². The van der Waals surface area contributed by atoms with E-state index in [-0.39, 0.29) is 17.9 Å². The van der Waals surface area contributed by atoms with Crippen LogP contribution in [-0.4, -0.2) is 61.8 Å². The highest BCUT2D eigenvalue weighted by Gasteiger charge is 2.41. The van der Waals surface area contributed by atoms with E-state index in [1.165, 1.54) is 0 Å². The van der Waals surface area contributed by atoms with Gasteiger partial charge in [0.05, 0.1) is 31.9 Å². The Morgan fingerprint density at radius 3 is 2.33 bits per heavy atom. The normalized spacial score (nSPS) is 24.4. The molecule has 2 saturated heterocycles. The maximum atomic E-state index is 12.8. The molecule has 1 aromatic carbocycles. The highest BCUT2D eigenvalue weighted by atomic mass is 16.5. The van der Waals surface area contributed by atoms with Gasteiger partial charge in [0.1, 0.15) is 11.5 Å². The van der Waals surface area contributed by atoms with Crippen LogP contribution in [0.25, 0.3) is 0 Å². The number of carbonyl (C=O) groups excluding carboxylic acids is 1. The number of carboxylic acid groups (broad SMARTS) is 1. The quantitative estimate of drug-likeness (QED) is 0.872. The molecule has 2 atom stereocenters. The number of carboxylic acids is 1. The van der Waals surface area contributed by atoms with Gasteiger partial charge in [-0.15, -0.1) is 0 Å². The average Bonchev–Trinajstić information content (AvgIpc) is 3.20. The molecule has 2 unspecified atom stereocenters. The summed E-state index contributed by atoms with van der Waals surface area (Å²) in [4.78, 5) is 27.7. The molecule has 7 nitrogen and oxygen atoms in total. The van der Waals surface area contributed by atoms with Crippen molar-refractivity contribution in [2.45, 2.75) is 18.9 Å². The fourth-order valence-corrected chi connectivity index (χ4v) is 3.48. The molecule has 0 spiro atoms. The van der Waals surface area contributed by atoms with E-state index in [9.17, 15) is 9.59 Å². The predicted molar refractivity (Wildman–Crippen MR) is 87.6 cm³/mol. The zero-order chi connectivity index (χ0) is 17.3. The maximum absolute atomic E-state index is 12.8. The van der Waals surface area contributed by atoms with Crippen molar-refractivity contribution >= 4 is 17.6 Å². The highest BCUT2D eigenvalue weighted by molar-refractivity contribution is 5.99. The lowest BCUT2D eigenvalue weighted by atomic mass is 10.1. The molecule has 0 aliphatic carbocycles. The number of hydrogen-bond acceptors (Lipinski definition) is 5. The number of methoxy groups -OCH3 is 2. The van der Waals surface area contributed by atoms with Gasteiger partial charge in [0.15, 0.2) is 0 Å². The molecule has 2 heterocycles. The molecular formula is C17H22N2O5. The number of nitrogens with zero attached hydrogens (tertiary/aromatic N) is 2. The lowest BCUT2D eigenvalue weighted by molar-refractivity contribution is -0.141. The molecule has 0 bridgehead atoms. The molecule has 1 aromatic rings. The van der Waals surface area contributed by atoms with Crippen molar-refractivity contribution in [2.24, 2.45) is 5.92 Å². The Morgan fingerprint density at radius 1 is 1.12 bits per heavy atom. The van der Waals surface area contributed by atoms with Crippen molar-refractivity contribution < 1.29 is 24.2 Å². The van der Waals surface area contributed by atoms with Crippen LogP contribution in [0.4, 0.5) is 5.69 Å². The minimum atomic E-state index is -0.780. The van der Waals surface area contributed by atoms with Crippen LogP contribution in [0.15, 0.2) is 18.2 Å². The first-order valence-corrected chi connectivity index (χ1v) is 8.04. The third kappa shape index (κ3) is 3.03. The van der Waals surface area contributed by atoms with E-state index in [0.29, 0.717) is 44.0 Å². The Balaban J connectivity index is 1.76. The Labute approximate surface area is 140 Å². The van der Waals surface area contributed by atoms with Crippen LogP contribution < -0.4 is 14.4 Å². The number of hydrogen-bond donors (Lipinski definition) is 1. The molecule has 3 rings (SSSR count). The molecule has 0 saturated carbocycles. The fourth-order valence-electron chi connectivity index (χ4n) is 3.48. The third-order valence-electron chi connectivity index (χ3n) is 4.83. The van der Waals surface area contributed by atoms with E-state index >= 15 is 0 Å². The van der Waals surface area contributed by atoms with Crippen LogP contribution in [-0.2, 0) is 9.59 Å². The number of ether oxygens (including phenoxy) is 2. The van der Waals surface area contributed by atoms with Crippen molar-refractivity contribution in [1.29, 1.82) is 0 Å². The van der Waals surface area contributed by atoms with Crippen molar-refractivity contribution in [3.05, 3.63) is 18.2 Å². The molecule has 130 valence electrons. The molecule has 2 aliphatic rings. The van der Waals surface area contributed by atoms with E-state index in [0.717, 1.165) is 5.69 Å². The lowest BCUT2D eigenvalue weighted by Gasteiger charge is -2.23. The molecule has 2 fully saturated rings. The topological polar surface area (TPSA) is 79.3 Å². The van der Waals surface area contributed by atoms with Crippen LogP contribution in [0.2, 0.25) is 0 Å². The number of amides is 1. The smallest absolute Gasteiger partial charge is 0.307 e. The third-order valence-corrected chi connectivity index (χ3v) is 4.83. The molecule has 1 amide bonds. The van der Waals surface area contributed by atoms with E-state index in [1.54, 1.807) is 25.2 Å². The van der Waals surface area contributed by atoms with Gasteiger partial charge < -0.3 is 19.5 Å². The van der Waals surface area contributed by atoms with Gasteiger partial charge in [0.25, 0.3) is 0 Å². The average molecular weight is 334 g/mol. The van der Waals surface area contributed by atoms with E-state index in [1.807, 2.05) is 17.0 Å². The Morgan fingerprint density at radius 2 is 1.79 bits per heavy atom. The fraction of sp³-hybridized carbons (Fsp3) is 0.529. The van der Waals surface area contributed by atoms with Crippen LogP contribution in [0, 0.1) is 5.92 Å². The lowest BCUT2D eigenvalue weighted by Crippen LogP contribution is -2.41. The summed E-state index contributed by atoms with van der Waals surface area (Å²) in [7, 11) is 3.15. The van der Waals surface area contributed by atoms with Gasteiger partial charge in [0.2, 0.25) is 5.91 Å². The van der Waals surface area contributed by atoms with E-state index in [2.05, 4.69) is 0 Å². The largest absolute Gasteiger partial charge is 0.497 e. The maximum Gasteiger partial charge on any atom is 0.307 e. The van der Waals surface area contributed by atoms with Gasteiger partial charge in [0, 0.05) is 31.3 Å². The van der Waals surface area contributed by atoms with E-state index < -0.39 is 5.97 Å². The zero-order valence-electron chi connectivity index (χ0n) is 13.9. The Hall–Kier alpha value is -2.28. The standard InChI is InChI=1S/C17H22N2O5/c1-23-13-7-12(8-14(9-13)24-2)19-6-4-15(16(19)20)18-5-3-11(10-18)17(21)22/h7-9,11,15H,3-6,10H2,1-2H3,(H,21,22). The predicted octanol–water partition coefficient (Wildman–Crippen LogP) is 1.22. The van der Waals surface area contributed by atoms with Gasteiger partial charge in [-0.2, -0.15) is 0 Å². The van der Waals surface area contributed by atoms with Crippen molar-refractivity contribution in [3.8, 4) is 11.5 Å². The number of likely N-dealkylation sites (tertiary alicyclic amines) is 1. The zero-order valence-corrected chi connectivity index (χ0v) is 13.9. The minimum Gasteiger partial charge on any atom is -0.497 e. The SMILES string of the molecule is COc1cc(OC)cc(N2CCC(N3CCC(C(=O)O)C3)C2=O)c1.